The molecule has 0 spiro atoms. The number of methoxy groups -OCH3 is 1. The van der Waals surface area contributed by atoms with Gasteiger partial charge in [0.25, 0.3) is 5.56 Å². The van der Waals surface area contributed by atoms with Gasteiger partial charge in [-0.3, -0.25) is 9.59 Å². The number of nitrogens with one attached hydrogen (secondary N) is 1. The standard InChI is InChI=1S/C25H20N2O5/c1-13-26-24(29)23-21(16-5-8-17(30-3)9-6-16)22-19-12-18(31-14(2)28)10-4-15(19)7-11-20(22)32-25(23)27-13/h4-12,21H,1-3H3,(H,26,27,29). The molecule has 1 aliphatic heterocycles. The van der Waals surface area contributed by atoms with Gasteiger partial charge in [-0.15, -0.1) is 0 Å². The van der Waals surface area contributed by atoms with Gasteiger partial charge in [0, 0.05) is 18.4 Å². The Morgan fingerprint density at radius 3 is 2.47 bits per heavy atom. The summed E-state index contributed by atoms with van der Waals surface area (Å²) in [7, 11) is 1.61. The van der Waals surface area contributed by atoms with Crippen LogP contribution in [0.25, 0.3) is 10.8 Å². The van der Waals surface area contributed by atoms with Crippen LogP contribution in [0, 0.1) is 6.92 Å². The Balaban J connectivity index is 1.82. The minimum absolute atomic E-state index is 0.257. The summed E-state index contributed by atoms with van der Waals surface area (Å²) in [6.07, 6.45) is 0. The van der Waals surface area contributed by atoms with Gasteiger partial charge in [0.2, 0.25) is 5.88 Å². The van der Waals surface area contributed by atoms with Gasteiger partial charge < -0.3 is 19.2 Å². The number of carbonyl (C=O) groups excluding carboxylic acids is 1. The van der Waals surface area contributed by atoms with Gasteiger partial charge in [-0.1, -0.05) is 24.3 Å². The molecule has 5 rings (SSSR count). The van der Waals surface area contributed by atoms with Crippen molar-refractivity contribution >= 4 is 16.7 Å². The van der Waals surface area contributed by atoms with Crippen molar-refractivity contribution in [1.29, 1.82) is 0 Å². The van der Waals surface area contributed by atoms with Crippen LogP contribution in [0.5, 0.6) is 23.1 Å². The topological polar surface area (TPSA) is 90.5 Å². The van der Waals surface area contributed by atoms with E-state index in [1.54, 1.807) is 26.2 Å². The zero-order valence-corrected chi connectivity index (χ0v) is 17.8. The number of rotatable bonds is 3. The van der Waals surface area contributed by atoms with Crippen LogP contribution < -0.4 is 19.8 Å². The van der Waals surface area contributed by atoms with Gasteiger partial charge in [-0.25, -0.2) is 0 Å². The maximum absolute atomic E-state index is 13.1. The molecular formula is C25H20N2O5. The van der Waals surface area contributed by atoms with Crippen molar-refractivity contribution in [2.24, 2.45) is 0 Å². The summed E-state index contributed by atoms with van der Waals surface area (Å²) in [5.74, 6) is 1.66. The third-order valence-corrected chi connectivity index (χ3v) is 5.53. The highest BCUT2D eigenvalue weighted by molar-refractivity contribution is 5.91. The number of ether oxygens (including phenoxy) is 3. The van der Waals surface area contributed by atoms with Crippen molar-refractivity contribution in [1.82, 2.24) is 9.97 Å². The molecule has 1 aromatic heterocycles. The summed E-state index contributed by atoms with van der Waals surface area (Å²) in [5, 5.41) is 1.76. The van der Waals surface area contributed by atoms with Gasteiger partial charge in [0.15, 0.2) is 0 Å². The number of carbonyl (C=O) groups is 1. The van der Waals surface area contributed by atoms with Gasteiger partial charge in [0.05, 0.1) is 12.7 Å². The minimum atomic E-state index is -0.437. The molecule has 3 aromatic carbocycles. The smallest absolute Gasteiger partial charge is 0.308 e. The number of aryl methyl sites for hydroxylation is 1. The lowest BCUT2D eigenvalue weighted by molar-refractivity contribution is -0.131. The van der Waals surface area contributed by atoms with Crippen LogP contribution in [0.4, 0.5) is 0 Å². The zero-order valence-electron chi connectivity index (χ0n) is 17.8. The highest BCUT2D eigenvalue weighted by atomic mass is 16.5. The molecule has 7 nitrogen and oxygen atoms in total. The van der Waals surface area contributed by atoms with Gasteiger partial charge in [-0.2, -0.15) is 4.98 Å². The van der Waals surface area contributed by atoms with Crippen LogP contribution in [0.2, 0.25) is 0 Å². The molecule has 0 saturated heterocycles. The first-order valence-electron chi connectivity index (χ1n) is 10.1. The lowest BCUT2D eigenvalue weighted by Gasteiger charge is -2.28. The maximum atomic E-state index is 13.1. The van der Waals surface area contributed by atoms with Crippen molar-refractivity contribution < 1.29 is 19.0 Å². The Labute approximate surface area is 183 Å². The molecule has 2 heterocycles. The molecule has 1 unspecified atom stereocenters. The highest BCUT2D eigenvalue weighted by Gasteiger charge is 2.34. The number of nitrogens with zero attached hydrogens (tertiary/aromatic N) is 1. The molecule has 0 fully saturated rings. The number of aromatic nitrogens is 2. The molecule has 0 aliphatic carbocycles. The quantitative estimate of drug-likeness (QED) is 0.337. The fourth-order valence-corrected chi connectivity index (χ4v) is 4.20. The molecule has 0 saturated carbocycles. The second-order valence-corrected chi connectivity index (χ2v) is 7.63. The van der Waals surface area contributed by atoms with E-state index in [0.717, 1.165) is 21.9 Å². The number of H-pyrrole nitrogens is 1. The predicted molar refractivity (Wildman–Crippen MR) is 119 cm³/mol. The number of hydrogen-bond acceptors (Lipinski definition) is 6. The first kappa shape index (κ1) is 19.8. The zero-order chi connectivity index (χ0) is 22.4. The first-order valence-corrected chi connectivity index (χ1v) is 10.1. The lowest BCUT2D eigenvalue weighted by Crippen LogP contribution is -2.25. The Morgan fingerprint density at radius 1 is 1.03 bits per heavy atom. The highest BCUT2D eigenvalue weighted by Crippen LogP contribution is 2.48. The number of hydrogen-bond donors (Lipinski definition) is 1. The van der Waals surface area contributed by atoms with Crippen molar-refractivity contribution in [3.05, 3.63) is 87.5 Å². The van der Waals surface area contributed by atoms with Gasteiger partial charge >= 0.3 is 5.97 Å². The van der Waals surface area contributed by atoms with Crippen molar-refractivity contribution in [3.8, 4) is 23.1 Å². The Bertz CT molecular complexity index is 1420. The lowest BCUT2D eigenvalue weighted by atomic mass is 9.81. The summed E-state index contributed by atoms with van der Waals surface area (Å²) in [6, 6.07) is 16.8. The van der Waals surface area contributed by atoms with Crippen molar-refractivity contribution in [2.45, 2.75) is 19.8 Å². The van der Waals surface area contributed by atoms with E-state index >= 15 is 0 Å². The summed E-state index contributed by atoms with van der Waals surface area (Å²) >= 11 is 0. The molecule has 1 aliphatic rings. The van der Waals surface area contributed by atoms with Gasteiger partial charge in [-0.05, 0) is 53.6 Å². The van der Waals surface area contributed by atoms with E-state index in [0.29, 0.717) is 28.6 Å². The molecule has 0 amide bonds. The molecular weight excluding hydrogens is 408 g/mol. The maximum Gasteiger partial charge on any atom is 0.308 e. The third kappa shape index (κ3) is 3.28. The molecule has 1 atom stereocenters. The predicted octanol–water partition coefficient (Wildman–Crippen LogP) is 4.45. The molecule has 7 heteroatoms. The molecule has 32 heavy (non-hydrogen) atoms. The Kier molecular flexibility index (Phi) is 4.66. The fourth-order valence-electron chi connectivity index (χ4n) is 4.20. The SMILES string of the molecule is COc1ccc(C2c3c(nc(C)[nH]c3=O)Oc3ccc4ccc(OC(C)=O)cc4c32)cc1. The second kappa shape index (κ2) is 7.53. The number of aromatic amines is 1. The van der Waals surface area contributed by atoms with Crippen LogP contribution in [0.15, 0.2) is 59.4 Å². The van der Waals surface area contributed by atoms with E-state index < -0.39 is 11.9 Å². The Morgan fingerprint density at radius 2 is 1.75 bits per heavy atom. The normalized spacial score (nSPS) is 14.3. The first-order chi connectivity index (χ1) is 15.4. The molecule has 4 aromatic rings. The van der Waals surface area contributed by atoms with Crippen LogP contribution in [-0.4, -0.2) is 23.0 Å². The van der Waals surface area contributed by atoms with Crippen LogP contribution in [0.3, 0.4) is 0 Å². The number of fused-ring (bicyclic) bond motifs is 4. The molecule has 0 radical (unpaired) electrons. The minimum Gasteiger partial charge on any atom is -0.497 e. The number of esters is 1. The summed E-state index contributed by atoms with van der Waals surface area (Å²) in [5.41, 5.74) is 1.87. The van der Waals surface area contributed by atoms with E-state index in [9.17, 15) is 9.59 Å². The van der Waals surface area contributed by atoms with Crippen molar-refractivity contribution in [3.63, 3.8) is 0 Å². The summed E-state index contributed by atoms with van der Waals surface area (Å²) in [4.78, 5) is 31.8. The van der Waals surface area contributed by atoms with E-state index in [2.05, 4.69) is 9.97 Å². The average molecular weight is 428 g/mol. The average Bonchev–Trinajstić information content (AvgIpc) is 2.77. The summed E-state index contributed by atoms with van der Waals surface area (Å²) < 4.78 is 16.7. The Hall–Kier alpha value is -4.13. The number of benzene rings is 3. The molecule has 160 valence electrons. The largest absolute Gasteiger partial charge is 0.497 e. The third-order valence-electron chi connectivity index (χ3n) is 5.53. The van der Waals surface area contributed by atoms with Crippen LogP contribution in [0.1, 0.15) is 35.4 Å². The van der Waals surface area contributed by atoms with Crippen LogP contribution in [-0.2, 0) is 4.79 Å². The van der Waals surface area contributed by atoms with E-state index in [1.807, 2.05) is 42.5 Å². The monoisotopic (exact) mass is 428 g/mol. The van der Waals surface area contributed by atoms with E-state index in [-0.39, 0.29) is 11.4 Å². The van der Waals surface area contributed by atoms with Crippen LogP contribution >= 0.6 is 0 Å². The summed E-state index contributed by atoms with van der Waals surface area (Å²) in [6.45, 7) is 3.08. The second-order valence-electron chi connectivity index (χ2n) is 7.63. The fraction of sp³-hybridized carbons (Fsp3) is 0.160. The van der Waals surface area contributed by atoms with Gasteiger partial charge in [0.1, 0.15) is 23.1 Å². The van der Waals surface area contributed by atoms with Crippen molar-refractivity contribution in [2.75, 3.05) is 7.11 Å². The van der Waals surface area contributed by atoms with E-state index in [4.69, 9.17) is 14.2 Å². The molecule has 0 bridgehead atoms. The molecule has 1 N–H and O–H groups in total. The van der Waals surface area contributed by atoms with E-state index in [1.165, 1.54) is 6.92 Å².